The number of anilines is 2. The second kappa shape index (κ2) is 9.63. The maximum absolute atomic E-state index is 13.6. The Morgan fingerprint density at radius 1 is 1.08 bits per heavy atom. The zero-order chi connectivity index (χ0) is 26.3. The van der Waals surface area contributed by atoms with Crippen molar-refractivity contribution in [3.05, 3.63) is 36.0 Å². The summed E-state index contributed by atoms with van der Waals surface area (Å²) < 4.78 is 30.5. The molecule has 1 aromatic carbocycles. The van der Waals surface area contributed by atoms with Gasteiger partial charge in [-0.3, -0.25) is 0 Å². The Kier molecular flexibility index (Phi) is 7.04. The van der Waals surface area contributed by atoms with E-state index in [1.807, 2.05) is 12.1 Å². The SMILES string of the molecule is C[C@H]1COCCN1c1cc(C(C)(C)S(=O)(=O)C(C)(C)C)nc(-c2ccc(NC(=O)NC3CC3)cc2)n1. The molecule has 1 aliphatic carbocycles. The van der Waals surface area contributed by atoms with Gasteiger partial charge in [0.15, 0.2) is 15.7 Å². The van der Waals surface area contributed by atoms with E-state index < -0.39 is 19.3 Å². The molecule has 36 heavy (non-hydrogen) atoms. The average Bonchev–Trinajstić information content (AvgIpc) is 3.62. The molecule has 0 bridgehead atoms. The predicted octanol–water partition coefficient (Wildman–Crippen LogP) is 4.10. The van der Waals surface area contributed by atoms with Crippen LogP contribution in [0.2, 0.25) is 0 Å². The number of aromatic nitrogens is 2. The van der Waals surface area contributed by atoms with E-state index in [0.29, 0.717) is 42.8 Å². The quantitative estimate of drug-likeness (QED) is 0.595. The highest BCUT2D eigenvalue weighted by atomic mass is 32.2. The molecule has 1 atom stereocenters. The summed E-state index contributed by atoms with van der Waals surface area (Å²) in [6, 6.07) is 9.21. The fraction of sp³-hybridized carbons (Fsp3) is 0.577. The number of hydrogen-bond acceptors (Lipinski definition) is 7. The number of rotatable bonds is 6. The third-order valence-electron chi connectivity index (χ3n) is 6.78. The van der Waals surface area contributed by atoms with Gasteiger partial charge in [-0.15, -0.1) is 0 Å². The number of benzene rings is 1. The van der Waals surface area contributed by atoms with Crippen LogP contribution in [-0.2, 0) is 19.3 Å². The molecular weight excluding hydrogens is 478 g/mol. The second-order valence-electron chi connectivity index (χ2n) is 11.1. The van der Waals surface area contributed by atoms with Crippen LogP contribution in [0.4, 0.5) is 16.3 Å². The van der Waals surface area contributed by atoms with Crippen molar-refractivity contribution in [2.75, 3.05) is 30.0 Å². The lowest BCUT2D eigenvalue weighted by Gasteiger charge is -2.36. The largest absolute Gasteiger partial charge is 0.377 e. The summed E-state index contributed by atoms with van der Waals surface area (Å²) in [5.74, 6) is 1.11. The number of nitrogens with zero attached hydrogens (tertiary/aromatic N) is 3. The van der Waals surface area contributed by atoms with Crippen LogP contribution in [0.25, 0.3) is 11.4 Å². The molecule has 1 saturated heterocycles. The predicted molar refractivity (Wildman–Crippen MR) is 142 cm³/mol. The van der Waals surface area contributed by atoms with E-state index in [9.17, 15) is 13.2 Å². The highest BCUT2D eigenvalue weighted by molar-refractivity contribution is 7.93. The van der Waals surface area contributed by atoms with Crippen LogP contribution in [-0.4, -0.2) is 61.0 Å². The fourth-order valence-corrected chi connectivity index (χ4v) is 6.18. The van der Waals surface area contributed by atoms with Gasteiger partial charge in [-0.25, -0.2) is 23.2 Å². The van der Waals surface area contributed by atoms with Gasteiger partial charge in [-0.05, 0) is 78.6 Å². The van der Waals surface area contributed by atoms with Crippen molar-refractivity contribution in [1.82, 2.24) is 15.3 Å². The summed E-state index contributed by atoms with van der Waals surface area (Å²) in [7, 11) is -3.60. The van der Waals surface area contributed by atoms with Gasteiger partial charge in [0.25, 0.3) is 0 Å². The van der Waals surface area contributed by atoms with Crippen molar-refractivity contribution in [1.29, 1.82) is 0 Å². The van der Waals surface area contributed by atoms with Crippen LogP contribution >= 0.6 is 0 Å². The van der Waals surface area contributed by atoms with Crippen molar-refractivity contribution in [2.45, 2.75) is 76.0 Å². The Balaban J connectivity index is 1.72. The van der Waals surface area contributed by atoms with Crippen LogP contribution in [0.1, 0.15) is 60.1 Å². The number of hydrogen-bond donors (Lipinski definition) is 2. The summed E-state index contributed by atoms with van der Waals surface area (Å²) >= 11 is 0. The molecule has 4 rings (SSSR count). The monoisotopic (exact) mass is 515 g/mol. The minimum absolute atomic E-state index is 0.0910. The summed E-state index contributed by atoms with van der Waals surface area (Å²) in [4.78, 5) is 23.8. The number of ether oxygens (including phenoxy) is 1. The molecule has 2 aliphatic rings. The first-order valence-corrected chi connectivity index (χ1v) is 13.9. The van der Waals surface area contributed by atoms with Crippen molar-refractivity contribution in [3.63, 3.8) is 0 Å². The average molecular weight is 516 g/mol. The first kappa shape index (κ1) is 26.3. The van der Waals surface area contributed by atoms with Crippen molar-refractivity contribution in [2.24, 2.45) is 0 Å². The maximum Gasteiger partial charge on any atom is 0.319 e. The molecule has 1 saturated carbocycles. The van der Waals surface area contributed by atoms with E-state index in [1.54, 1.807) is 52.8 Å². The fourth-order valence-electron chi connectivity index (χ4n) is 4.27. The van der Waals surface area contributed by atoms with Crippen molar-refractivity contribution >= 4 is 27.4 Å². The van der Waals surface area contributed by atoms with Gasteiger partial charge < -0.3 is 20.3 Å². The summed E-state index contributed by atoms with van der Waals surface area (Å²) in [6.07, 6.45) is 2.04. The first-order chi connectivity index (χ1) is 16.8. The van der Waals surface area contributed by atoms with Gasteiger partial charge in [-0.1, -0.05) is 0 Å². The molecule has 2 aromatic rings. The Morgan fingerprint density at radius 2 is 1.75 bits per heavy atom. The van der Waals surface area contributed by atoms with Crippen LogP contribution in [0.5, 0.6) is 0 Å². The normalized spacial score (nSPS) is 19.2. The molecule has 2 N–H and O–H groups in total. The van der Waals surface area contributed by atoms with E-state index in [-0.39, 0.29) is 18.1 Å². The number of morpholine rings is 1. The molecule has 0 spiro atoms. The van der Waals surface area contributed by atoms with Crippen molar-refractivity contribution < 1.29 is 17.9 Å². The Hall–Kier alpha value is -2.72. The van der Waals surface area contributed by atoms with E-state index in [1.165, 1.54) is 0 Å². The van der Waals surface area contributed by atoms with Gasteiger partial charge in [0.1, 0.15) is 10.6 Å². The summed E-state index contributed by atoms with van der Waals surface area (Å²) in [6.45, 7) is 12.4. The molecule has 1 aromatic heterocycles. The van der Waals surface area contributed by atoms with Crippen LogP contribution in [0.15, 0.2) is 30.3 Å². The van der Waals surface area contributed by atoms with E-state index in [2.05, 4.69) is 22.5 Å². The third kappa shape index (κ3) is 5.34. The molecule has 10 heteroatoms. The van der Waals surface area contributed by atoms with Gasteiger partial charge in [0.05, 0.1) is 29.7 Å². The number of carbonyl (C=O) groups is 1. The zero-order valence-corrected chi connectivity index (χ0v) is 22.8. The third-order valence-corrected chi connectivity index (χ3v) is 9.95. The number of sulfone groups is 1. The maximum atomic E-state index is 13.6. The van der Waals surface area contributed by atoms with Gasteiger partial charge in [0.2, 0.25) is 0 Å². The Morgan fingerprint density at radius 3 is 2.33 bits per heavy atom. The van der Waals surface area contributed by atoms with Crippen LogP contribution in [0, 0.1) is 0 Å². The molecular formula is C26H37N5O4S. The minimum atomic E-state index is -3.60. The topological polar surface area (TPSA) is 114 Å². The van der Waals surface area contributed by atoms with Gasteiger partial charge >= 0.3 is 6.03 Å². The standard InChI is InChI=1S/C26H37N5O4S/c1-17-16-35-14-13-31(17)22-15-21(26(5,6)36(33,34)25(2,3)4)29-23(30-22)18-7-9-19(10-8-18)27-24(32)28-20-11-12-20/h7-10,15,17,20H,11-14,16H2,1-6H3,(H2,27,28,32)/t17-/m0/s1. The number of urea groups is 1. The Bertz CT molecular complexity index is 1220. The second-order valence-corrected chi connectivity index (χ2v) is 14.4. The molecule has 1 aliphatic heterocycles. The molecule has 9 nitrogen and oxygen atoms in total. The molecule has 2 amide bonds. The van der Waals surface area contributed by atoms with E-state index >= 15 is 0 Å². The molecule has 0 unspecified atom stereocenters. The lowest BCUT2D eigenvalue weighted by atomic mass is 10.1. The van der Waals surface area contributed by atoms with Crippen LogP contribution in [0.3, 0.4) is 0 Å². The first-order valence-electron chi connectivity index (χ1n) is 12.5. The summed E-state index contributed by atoms with van der Waals surface area (Å²) in [5, 5.41) is 5.74. The lowest BCUT2D eigenvalue weighted by Crippen LogP contribution is -2.45. The molecule has 2 heterocycles. The van der Waals surface area contributed by atoms with E-state index in [0.717, 1.165) is 18.4 Å². The van der Waals surface area contributed by atoms with E-state index in [4.69, 9.17) is 14.7 Å². The zero-order valence-electron chi connectivity index (χ0n) is 22.0. The number of carbonyl (C=O) groups excluding carboxylic acids is 1. The highest BCUT2D eigenvalue weighted by Gasteiger charge is 2.46. The molecule has 2 fully saturated rings. The molecule has 196 valence electrons. The summed E-state index contributed by atoms with van der Waals surface area (Å²) in [5.41, 5.74) is 1.84. The minimum Gasteiger partial charge on any atom is -0.377 e. The highest BCUT2D eigenvalue weighted by Crippen LogP contribution is 2.38. The van der Waals surface area contributed by atoms with Gasteiger partial charge in [0, 0.05) is 29.9 Å². The molecule has 0 radical (unpaired) electrons. The smallest absolute Gasteiger partial charge is 0.319 e. The Labute approximate surface area is 214 Å². The van der Waals surface area contributed by atoms with Crippen molar-refractivity contribution in [3.8, 4) is 11.4 Å². The lowest BCUT2D eigenvalue weighted by molar-refractivity contribution is 0.0985. The van der Waals surface area contributed by atoms with Crippen LogP contribution < -0.4 is 15.5 Å². The number of nitrogens with one attached hydrogen (secondary N) is 2. The van der Waals surface area contributed by atoms with Gasteiger partial charge in [-0.2, -0.15) is 0 Å². The number of amides is 2.